The van der Waals surface area contributed by atoms with E-state index in [1.165, 1.54) is 0 Å². The Bertz CT molecular complexity index is 865. The molecule has 0 aliphatic carbocycles. The van der Waals surface area contributed by atoms with Crippen LogP contribution in [-0.4, -0.2) is 30.9 Å². The third-order valence-corrected chi connectivity index (χ3v) is 4.68. The number of nitrogens with one attached hydrogen (secondary N) is 1. The molecule has 0 radical (unpaired) electrons. The Balaban J connectivity index is 2.14. The predicted octanol–water partition coefficient (Wildman–Crippen LogP) is 4.17. The summed E-state index contributed by atoms with van der Waals surface area (Å²) in [5.74, 6) is 3.32. The van der Waals surface area contributed by atoms with Crippen LogP contribution in [0.25, 0.3) is 0 Å². The molecule has 0 unspecified atom stereocenters. The molecule has 2 aromatic rings. The summed E-state index contributed by atoms with van der Waals surface area (Å²) in [6.45, 7) is 0.861. The molecule has 0 aromatic heterocycles. The number of terminal acetylenes is 1. The van der Waals surface area contributed by atoms with Crippen LogP contribution in [0.3, 0.4) is 0 Å². The van der Waals surface area contributed by atoms with Gasteiger partial charge in [0.25, 0.3) is 0 Å². The lowest BCUT2D eigenvalue weighted by Gasteiger charge is -2.11. The topological polar surface area (TPSA) is 36.8 Å². The van der Waals surface area contributed by atoms with Gasteiger partial charge in [0.2, 0.25) is 0 Å². The fourth-order valence-corrected chi connectivity index (χ4v) is 3.15. The van der Waals surface area contributed by atoms with Gasteiger partial charge in [-0.05, 0) is 30.5 Å². The first kappa shape index (κ1) is 16.6. The van der Waals surface area contributed by atoms with Crippen molar-refractivity contribution in [2.45, 2.75) is 4.90 Å². The highest BCUT2D eigenvalue weighted by molar-refractivity contribution is 7.98. The smallest absolute Gasteiger partial charge is 0.125 e. The SMILES string of the molecule is C#CCNC1=Nc2ccc(SC)cc2C(c2ccccc2Cl)=NC1. The molecule has 0 saturated heterocycles. The molecule has 1 N–H and O–H groups in total. The molecule has 24 heavy (non-hydrogen) atoms. The van der Waals surface area contributed by atoms with Gasteiger partial charge in [-0.25, -0.2) is 4.99 Å². The molecule has 0 fully saturated rings. The van der Waals surface area contributed by atoms with Crippen molar-refractivity contribution in [1.29, 1.82) is 0 Å². The number of rotatable bonds is 3. The number of halogens is 1. The van der Waals surface area contributed by atoms with Gasteiger partial charge in [0.05, 0.1) is 24.5 Å². The largest absolute Gasteiger partial charge is 0.361 e. The number of benzene rings is 2. The van der Waals surface area contributed by atoms with Crippen LogP contribution >= 0.6 is 23.4 Å². The number of nitrogens with zero attached hydrogens (tertiary/aromatic N) is 2. The Labute approximate surface area is 151 Å². The summed E-state index contributed by atoms with van der Waals surface area (Å²) < 4.78 is 0. The van der Waals surface area contributed by atoms with E-state index in [-0.39, 0.29) is 0 Å². The number of thioether (sulfide) groups is 1. The van der Waals surface area contributed by atoms with E-state index in [0.29, 0.717) is 18.1 Å². The molecule has 2 aromatic carbocycles. The minimum absolute atomic E-state index is 0.425. The number of hydrogen-bond donors (Lipinski definition) is 1. The van der Waals surface area contributed by atoms with Crippen LogP contribution in [0.15, 0.2) is 57.3 Å². The van der Waals surface area contributed by atoms with Gasteiger partial charge in [-0.2, -0.15) is 0 Å². The molecule has 0 atom stereocenters. The van der Waals surface area contributed by atoms with Gasteiger partial charge >= 0.3 is 0 Å². The quantitative estimate of drug-likeness (QED) is 0.664. The van der Waals surface area contributed by atoms with Crippen LogP contribution in [0.2, 0.25) is 5.02 Å². The summed E-state index contributed by atoms with van der Waals surface area (Å²) in [7, 11) is 0. The zero-order valence-corrected chi connectivity index (χ0v) is 14.8. The zero-order valence-electron chi connectivity index (χ0n) is 13.2. The van der Waals surface area contributed by atoms with E-state index in [1.54, 1.807) is 11.8 Å². The molecule has 3 nitrogen and oxygen atoms in total. The molecule has 5 heteroatoms. The summed E-state index contributed by atoms with van der Waals surface area (Å²) in [4.78, 5) is 10.6. The van der Waals surface area contributed by atoms with Crippen molar-refractivity contribution in [3.8, 4) is 12.3 Å². The molecule has 1 heterocycles. The van der Waals surface area contributed by atoms with Crippen LogP contribution in [0.1, 0.15) is 11.1 Å². The van der Waals surface area contributed by atoms with Gasteiger partial charge in [0, 0.05) is 21.0 Å². The summed E-state index contributed by atoms with van der Waals surface area (Å²) in [5, 5.41) is 3.81. The first-order valence-corrected chi connectivity index (χ1v) is 9.06. The predicted molar refractivity (Wildman–Crippen MR) is 104 cm³/mol. The van der Waals surface area contributed by atoms with Gasteiger partial charge in [-0.3, -0.25) is 4.99 Å². The Morgan fingerprint density at radius 1 is 1.25 bits per heavy atom. The van der Waals surface area contributed by atoms with Crippen molar-refractivity contribution in [1.82, 2.24) is 5.32 Å². The first-order valence-electron chi connectivity index (χ1n) is 7.45. The third kappa shape index (κ3) is 3.48. The fourth-order valence-electron chi connectivity index (χ4n) is 2.48. The van der Waals surface area contributed by atoms with Crippen LogP contribution < -0.4 is 5.32 Å². The van der Waals surface area contributed by atoms with Crippen molar-refractivity contribution >= 4 is 40.6 Å². The number of fused-ring (bicyclic) bond motifs is 1. The van der Waals surface area contributed by atoms with E-state index in [2.05, 4.69) is 23.4 Å². The minimum Gasteiger partial charge on any atom is -0.361 e. The Hall–Kier alpha value is -2.22. The van der Waals surface area contributed by atoms with Crippen molar-refractivity contribution in [3.63, 3.8) is 0 Å². The number of amidine groups is 1. The highest BCUT2D eigenvalue weighted by atomic mass is 35.5. The Kier molecular flexibility index (Phi) is 5.24. The average molecular weight is 354 g/mol. The molecule has 0 amide bonds. The van der Waals surface area contributed by atoms with Crippen molar-refractivity contribution in [2.75, 3.05) is 19.3 Å². The van der Waals surface area contributed by atoms with Gasteiger partial charge in [-0.1, -0.05) is 35.7 Å². The third-order valence-electron chi connectivity index (χ3n) is 3.62. The molecular weight excluding hydrogens is 338 g/mol. The van der Waals surface area contributed by atoms with Gasteiger partial charge in [0.15, 0.2) is 0 Å². The summed E-state index contributed by atoms with van der Waals surface area (Å²) in [5.41, 5.74) is 3.61. The van der Waals surface area contributed by atoms with E-state index in [4.69, 9.17) is 28.0 Å². The maximum absolute atomic E-state index is 6.41. The molecule has 0 saturated carbocycles. The monoisotopic (exact) mass is 353 g/mol. The van der Waals surface area contributed by atoms with Crippen LogP contribution in [-0.2, 0) is 0 Å². The van der Waals surface area contributed by atoms with Crippen LogP contribution in [0.4, 0.5) is 5.69 Å². The van der Waals surface area contributed by atoms with Crippen LogP contribution in [0.5, 0.6) is 0 Å². The second-order valence-corrected chi connectivity index (χ2v) is 6.43. The maximum Gasteiger partial charge on any atom is 0.125 e. The minimum atomic E-state index is 0.425. The first-order chi connectivity index (χ1) is 11.7. The molecule has 0 spiro atoms. The highest BCUT2D eigenvalue weighted by Crippen LogP contribution is 2.31. The van der Waals surface area contributed by atoms with E-state index in [1.807, 2.05) is 36.6 Å². The summed E-state index contributed by atoms with van der Waals surface area (Å²) >= 11 is 8.09. The lowest BCUT2D eigenvalue weighted by molar-refractivity contribution is 1.03. The van der Waals surface area contributed by atoms with E-state index in [0.717, 1.165) is 33.3 Å². The summed E-state index contributed by atoms with van der Waals surface area (Å²) in [6, 6.07) is 13.9. The van der Waals surface area contributed by atoms with Crippen molar-refractivity contribution in [3.05, 3.63) is 58.6 Å². The van der Waals surface area contributed by atoms with E-state index in [9.17, 15) is 0 Å². The van der Waals surface area contributed by atoms with Gasteiger partial charge < -0.3 is 5.32 Å². The van der Waals surface area contributed by atoms with E-state index < -0.39 is 0 Å². The standard InChI is InChI=1S/C19H16ClN3S/c1-3-10-21-18-12-22-19(14-6-4-5-7-16(14)20)15-11-13(24-2)8-9-17(15)23-18/h1,4-9,11H,10,12H2,2H3,(H,21,23). The zero-order chi connectivity index (χ0) is 16.9. The molecule has 0 bridgehead atoms. The molecule has 1 aliphatic rings. The van der Waals surface area contributed by atoms with Crippen LogP contribution in [0, 0.1) is 12.3 Å². The van der Waals surface area contributed by atoms with Gasteiger partial charge in [-0.15, -0.1) is 18.2 Å². The fraction of sp³-hybridized carbons (Fsp3) is 0.158. The second-order valence-electron chi connectivity index (χ2n) is 5.14. The second kappa shape index (κ2) is 7.57. The molecule has 1 aliphatic heterocycles. The average Bonchev–Trinajstić information content (AvgIpc) is 2.79. The normalized spacial score (nSPS) is 13.2. The van der Waals surface area contributed by atoms with Gasteiger partial charge in [0.1, 0.15) is 5.84 Å². The Morgan fingerprint density at radius 2 is 2.08 bits per heavy atom. The lowest BCUT2D eigenvalue weighted by Crippen LogP contribution is -2.26. The number of hydrogen-bond acceptors (Lipinski definition) is 4. The maximum atomic E-state index is 6.41. The molecule has 3 rings (SSSR count). The Morgan fingerprint density at radius 3 is 2.83 bits per heavy atom. The molecular formula is C19H16ClN3S. The number of aliphatic imine (C=N–C) groups is 2. The van der Waals surface area contributed by atoms with E-state index >= 15 is 0 Å². The van der Waals surface area contributed by atoms with Crippen molar-refractivity contribution < 1.29 is 0 Å². The highest BCUT2D eigenvalue weighted by Gasteiger charge is 2.18. The molecule has 120 valence electrons. The summed E-state index contributed by atoms with van der Waals surface area (Å²) in [6.07, 6.45) is 7.38. The lowest BCUT2D eigenvalue weighted by atomic mass is 10.0. The van der Waals surface area contributed by atoms with Crippen molar-refractivity contribution in [2.24, 2.45) is 9.98 Å².